The zero-order valence-electron chi connectivity index (χ0n) is 16.3. The number of morpholine rings is 1. The summed E-state index contributed by atoms with van der Waals surface area (Å²) in [5.41, 5.74) is 1.20. The fraction of sp³-hybridized carbons (Fsp3) is 0.350. The van der Waals surface area contributed by atoms with E-state index in [0.29, 0.717) is 5.69 Å². The number of nitrogens with zero attached hydrogens (tertiary/aromatic N) is 2. The maximum absolute atomic E-state index is 12.7. The van der Waals surface area contributed by atoms with Gasteiger partial charge in [0.1, 0.15) is 5.56 Å². The van der Waals surface area contributed by atoms with Crippen molar-refractivity contribution in [3.8, 4) is 11.5 Å². The lowest BCUT2D eigenvalue weighted by Crippen LogP contribution is -2.35. The summed E-state index contributed by atoms with van der Waals surface area (Å²) in [5.74, 6) is -0.175. The van der Waals surface area contributed by atoms with Gasteiger partial charge in [0.25, 0.3) is 11.6 Å². The van der Waals surface area contributed by atoms with Crippen molar-refractivity contribution >= 4 is 17.3 Å². The molecule has 0 spiro atoms. The van der Waals surface area contributed by atoms with Crippen LogP contribution in [0.3, 0.4) is 0 Å². The van der Waals surface area contributed by atoms with Crippen molar-refractivity contribution in [2.24, 2.45) is 0 Å². The van der Waals surface area contributed by atoms with Crippen LogP contribution in [0.4, 0.5) is 11.4 Å². The van der Waals surface area contributed by atoms with Crippen molar-refractivity contribution in [1.82, 2.24) is 4.90 Å². The van der Waals surface area contributed by atoms with Gasteiger partial charge in [-0.1, -0.05) is 12.1 Å². The van der Waals surface area contributed by atoms with E-state index in [1.54, 1.807) is 12.1 Å². The van der Waals surface area contributed by atoms with E-state index in [2.05, 4.69) is 10.2 Å². The molecule has 1 saturated heterocycles. The Balaban J connectivity index is 1.74. The highest BCUT2D eigenvalue weighted by molar-refractivity contribution is 6.07. The second-order valence-electron chi connectivity index (χ2n) is 6.52. The Morgan fingerprint density at radius 1 is 1.14 bits per heavy atom. The lowest BCUT2D eigenvalue weighted by atomic mass is 10.1. The Hall–Kier alpha value is -3.17. The molecule has 9 nitrogen and oxygen atoms in total. The van der Waals surface area contributed by atoms with Gasteiger partial charge >= 0.3 is 0 Å². The maximum atomic E-state index is 12.7. The Labute approximate surface area is 168 Å². The number of hydrogen-bond donors (Lipinski definition) is 1. The van der Waals surface area contributed by atoms with E-state index in [-0.39, 0.29) is 22.7 Å². The Morgan fingerprint density at radius 2 is 1.76 bits per heavy atom. The van der Waals surface area contributed by atoms with Crippen LogP contribution in [0.15, 0.2) is 36.4 Å². The Bertz CT molecular complexity index is 879. The molecule has 2 aromatic carbocycles. The van der Waals surface area contributed by atoms with Gasteiger partial charge in [-0.2, -0.15) is 0 Å². The van der Waals surface area contributed by atoms with Crippen molar-refractivity contribution < 1.29 is 23.9 Å². The van der Waals surface area contributed by atoms with E-state index in [1.807, 2.05) is 12.1 Å². The highest BCUT2D eigenvalue weighted by Crippen LogP contribution is 2.34. The summed E-state index contributed by atoms with van der Waals surface area (Å²) >= 11 is 0. The number of rotatable bonds is 7. The van der Waals surface area contributed by atoms with Gasteiger partial charge in [0, 0.05) is 31.4 Å². The van der Waals surface area contributed by atoms with E-state index in [4.69, 9.17) is 14.2 Å². The number of nitro groups is 1. The zero-order valence-corrected chi connectivity index (χ0v) is 16.3. The number of amides is 1. The van der Waals surface area contributed by atoms with Gasteiger partial charge in [-0.05, 0) is 17.7 Å². The third-order valence-electron chi connectivity index (χ3n) is 4.66. The number of methoxy groups -OCH3 is 2. The normalized spacial score (nSPS) is 14.3. The molecule has 0 atom stereocenters. The number of benzene rings is 2. The molecule has 0 saturated carbocycles. The van der Waals surface area contributed by atoms with Crippen molar-refractivity contribution in [2.45, 2.75) is 6.54 Å². The van der Waals surface area contributed by atoms with Gasteiger partial charge in [0.2, 0.25) is 0 Å². The molecule has 0 aromatic heterocycles. The van der Waals surface area contributed by atoms with Crippen LogP contribution in [0.5, 0.6) is 11.5 Å². The largest absolute Gasteiger partial charge is 0.493 e. The SMILES string of the molecule is COc1cc(C(=O)Nc2ccc(CN3CCOCC3)cc2)c([N+](=O)[O-])cc1OC. The standard InChI is InChI=1S/C20H23N3O6/c1-27-18-11-16(17(23(25)26)12-19(18)28-2)20(24)21-15-5-3-14(4-6-15)13-22-7-9-29-10-8-22/h3-6,11-12H,7-10,13H2,1-2H3,(H,21,24). The van der Waals surface area contributed by atoms with Crippen LogP contribution in [0.2, 0.25) is 0 Å². The van der Waals surface area contributed by atoms with Crippen LogP contribution in [-0.4, -0.2) is 56.3 Å². The molecule has 29 heavy (non-hydrogen) atoms. The third-order valence-corrected chi connectivity index (χ3v) is 4.66. The van der Waals surface area contributed by atoms with Gasteiger partial charge in [-0.3, -0.25) is 19.8 Å². The first kappa shape index (κ1) is 20.6. The van der Waals surface area contributed by atoms with Crippen molar-refractivity contribution in [2.75, 3.05) is 45.8 Å². The molecular formula is C20H23N3O6. The lowest BCUT2D eigenvalue weighted by Gasteiger charge is -2.26. The summed E-state index contributed by atoms with van der Waals surface area (Å²) in [6, 6.07) is 9.89. The molecule has 1 aliphatic heterocycles. The van der Waals surface area contributed by atoms with E-state index in [9.17, 15) is 14.9 Å². The molecule has 1 N–H and O–H groups in total. The second-order valence-corrected chi connectivity index (χ2v) is 6.52. The molecule has 0 unspecified atom stereocenters. The molecule has 154 valence electrons. The summed E-state index contributed by atoms with van der Waals surface area (Å²) in [6.45, 7) is 4.05. The van der Waals surface area contributed by atoms with E-state index in [1.165, 1.54) is 26.4 Å². The average Bonchev–Trinajstić information content (AvgIpc) is 2.74. The summed E-state index contributed by atoms with van der Waals surface area (Å²) in [4.78, 5) is 25.7. The molecule has 1 heterocycles. The molecule has 0 radical (unpaired) electrons. The highest BCUT2D eigenvalue weighted by atomic mass is 16.6. The molecule has 1 aliphatic rings. The van der Waals surface area contributed by atoms with Gasteiger partial charge in [-0.25, -0.2) is 0 Å². The number of nitrogens with one attached hydrogen (secondary N) is 1. The summed E-state index contributed by atoms with van der Waals surface area (Å²) in [6.07, 6.45) is 0. The predicted octanol–water partition coefficient (Wildman–Crippen LogP) is 2.70. The Kier molecular flexibility index (Phi) is 6.63. The van der Waals surface area contributed by atoms with Crippen LogP contribution in [0.1, 0.15) is 15.9 Å². The number of carbonyl (C=O) groups is 1. The summed E-state index contributed by atoms with van der Waals surface area (Å²) in [7, 11) is 2.78. The minimum Gasteiger partial charge on any atom is -0.493 e. The smallest absolute Gasteiger partial charge is 0.286 e. The van der Waals surface area contributed by atoms with Crippen LogP contribution in [-0.2, 0) is 11.3 Å². The minimum absolute atomic E-state index is 0.106. The molecule has 1 fully saturated rings. The fourth-order valence-corrected chi connectivity index (χ4v) is 3.11. The van der Waals surface area contributed by atoms with Crippen molar-refractivity contribution in [1.29, 1.82) is 0 Å². The molecular weight excluding hydrogens is 378 g/mol. The van der Waals surface area contributed by atoms with Crippen LogP contribution in [0, 0.1) is 10.1 Å². The van der Waals surface area contributed by atoms with Gasteiger partial charge in [0.15, 0.2) is 11.5 Å². The van der Waals surface area contributed by atoms with Crippen LogP contribution in [0.25, 0.3) is 0 Å². The first-order valence-electron chi connectivity index (χ1n) is 9.12. The maximum Gasteiger partial charge on any atom is 0.286 e. The minimum atomic E-state index is -0.623. The molecule has 2 aromatic rings. The van der Waals surface area contributed by atoms with Gasteiger partial charge in [-0.15, -0.1) is 0 Å². The van der Waals surface area contributed by atoms with E-state index >= 15 is 0 Å². The zero-order chi connectivity index (χ0) is 20.8. The average molecular weight is 401 g/mol. The molecule has 0 aliphatic carbocycles. The lowest BCUT2D eigenvalue weighted by molar-refractivity contribution is -0.385. The van der Waals surface area contributed by atoms with Crippen LogP contribution < -0.4 is 14.8 Å². The number of carbonyl (C=O) groups excluding carboxylic acids is 1. The van der Waals surface area contributed by atoms with E-state index in [0.717, 1.165) is 38.4 Å². The summed E-state index contributed by atoms with van der Waals surface area (Å²) < 4.78 is 15.6. The molecule has 9 heteroatoms. The second kappa shape index (κ2) is 9.35. The summed E-state index contributed by atoms with van der Waals surface area (Å²) in [5, 5.41) is 14.1. The molecule has 0 bridgehead atoms. The number of nitro benzene ring substituents is 1. The molecule has 1 amide bonds. The number of anilines is 1. The predicted molar refractivity (Wildman–Crippen MR) is 107 cm³/mol. The first-order chi connectivity index (χ1) is 14.0. The van der Waals surface area contributed by atoms with Crippen molar-refractivity contribution in [3.05, 3.63) is 57.6 Å². The topological polar surface area (TPSA) is 103 Å². The first-order valence-corrected chi connectivity index (χ1v) is 9.12. The fourth-order valence-electron chi connectivity index (χ4n) is 3.11. The Morgan fingerprint density at radius 3 is 2.34 bits per heavy atom. The number of hydrogen-bond acceptors (Lipinski definition) is 7. The van der Waals surface area contributed by atoms with Gasteiger partial charge < -0.3 is 19.5 Å². The monoisotopic (exact) mass is 401 g/mol. The van der Waals surface area contributed by atoms with Crippen molar-refractivity contribution in [3.63, 3.8) is 0 Å². The quantitative estimate of drug-likeness (QED) is 0.562. The van der Waals surface area contributed by atoms with E-state index < -0.39 is 10.8 Å². The third kappa shape index (κ3) is 5.01. The molecule has 3 rings (SSSR count). The highest BCUT2D eigenvalue weighted by Gasteiger charge is 2.24. The van der Waals surface area contributed by atoms with Gasteiger partial charge in [0.05, 0.1) is 38.4 Å². The number of ether oxygens (including phenoxy) is 3. The van der Waals surface area contributed by atoms with Crippen LogP contribution >= 0.6 is 0 Å².